The minimum atomic E-state index is -4.57. The second-order valence-electron chi connectivity index (χ2n) is 9.22. The number of hydrogen-bond acceptors (Lipinski definition) is 5. The largest absolute Gasteiger partial charge is 0.417 e. The summed E-state index contributed by atoms with van der Waals surface area (Å²) in [6, 6.07) is 13.3. The molecule has 0 aromatic heterocycles. The molecule has 0 spiro atoms. The lowest BCUT2D eigenvalue weighted by atomic mass is 10.0. The number of nitrogens with one attached hydrogen (secondary N) is 1. The minimum absolute atomic E-state index is 0.00584. The van der Waals surface area contributed by atoms with E-state index in [1.807, 2.05) is 29.2 Å². The van der Waals surface area contributed by atoms with Crippen LogP contribution in [0.4, 0.5) is 24.5 Å². The smallest absolute Gasteiger partial charge is 0.371 e. The predicted octanol–water partition coefficient (Wildman–Crippen LogP) is 4.53. The summed E-state index contributed by atoms with van der Waals surface area (Å²) in [6.07, 6.45) is -2.83. The highest BCUT2D eigenvalue weighted by atomic mass is 35.5. The van der Waals surface area contributed by atoms with E-state index in [4.69, 9.17) is 16.9 Å². The van der Waals surface area contributed by atoms with Crippen LogP contribution in [0.25, 0.3) is 0 Å². The van der Waals surface area contributed by atoms with Crippen molar-refractivity contribution in [3.8, 4) is 6.07 Å². The summed E-state index contributed by atoms with van der Waals surface area (Å²) in [5.74, 6) is 0.00584. The molecular formula is C26H29ClF3N5O. The van der Waals surface area contributed by atoms with Gasteiger partial charge in [0.1, 0.15) is 0 Å². The van der Waals surface area contributed by atoms with Gasteiger partial charge in [-0.25, -0.2) is 0 Å². The number of nitrogens with zero attached hydrogens (tertiary/aromatic N) is 4. The van der Waals surface area contributed by atoms with Crippen LogP contribution in [0.3, 0.4) is 0 Å². The van der Waals surface area contributed by atoms with Gasteiger partial charge in [-0.3, -0.25) is 9.69 Å². The average molecular weight is 520 g/mol. The highest BCUT2D eigenvalue weighted by molar-refractivity contribution is 6.30. The molecule has 0 unspecified atom stereocenters. The summed E-state index contributed by atoms with van der Waals surface area (Å²) in [7, 11) is 0. The fraction of sp³-hybridized carbons (Fsp3) is 0.462. The Morgan fingerprint density at radius 2 is 1.58 bits per heavy atom. The van der Waals surface area contributed by atoms with E-state index in [-0.39, 0.29) is 17.5 Å². The van der Waals surface area contributed by atoms with Gasteiger partial charge in [0, 0.05) is 74.7 Å². The van der Waals surface area contributed by atoms with Crippen LogP contribution in [0.2, 0.25) is 5.02 Å². The van der Waals surface area contributed by atoms with Gasteiger partial charge in [0.25, 0.3) is 0 Å². The highest BCUT2D eigenvalue weighted by Gasteiger charge is 2.34. The molecule has 1 amide bonds. The van der Waals surface area contributed by atoms with Crippen LogP contribution < -0.4 is 15.1 Å². The Bertz CT molecular complexity index is 1090. The van der Waals surface area contributed by atoms with Crippen molar-refractivity contribution in [3.63, 3.8) is 0 Å². The molecule has 2 aliphatic rings. The topological polar surface area (TPSA) is 62.6 Å². The standard InChI is InChI=1S/C26H29ClF3N5O/c27-20-2-5-22(6-3-20)35-15-13-33(14-16-35)10-9-25(36)32-21-7-11-34(12-8-21)23-4-1-19(18-31)24(17-23)26(28,29)30/h1-6,17,21H,7-16H2,(H,32,36). The van der Waals surface area contributed by atoms with Crippen molar-refractivity contribution in [1.82, 2.24) is 10.2 Å². The maximum absolute atomic E-state index is 13.3. The molecule has 2 aromatic rings. The molecule has 192 valence electrons. The van der Waals surface area contributed by atoms with Crippen molar-refractivity contribution in [2.75, 3.05) is 55.6 Å². The first-order valence-corrected chi connectivity index (χ1v) is 12.5. The van der Waals surface area contributed by atoms with Crippen LogP contribution >= 0.6 is 11.6 Å². The van der Waals surface area contributed by atoms with Crippen LogP contribution in [0.1, 0.15) is 30.4 Å². The van der Waals surface area contributed by atoms with Crippen LogP contribution in [0.15, 0.2) is 42.5 Å². The van der Waals surface area contributed by atoms with Crippen LogP contribution in [-0.4, -0.2) is 62.7 Å². The van der Waals surface area contributed by atoms with Crippen molar-refractivity contribution in [1.29, 1.82) is 5.26 Å². The fourth-order valence-electron chi connectivity index (χ4n) is 4.78. The van der Waals surface area contributed by atoms with Crippen molar-refractivity contribution >= 4 is 28.9 Å². The summed E-state index contributed by atoms with van der Waals surface area (Å²) in [6.45, 7) is 5.35. The van der Waals surface area contributed by atoms with Gasteiger partial charge >= 0.3 is 6.18 Å². The van der Waals surface area contributed by atoms with Crippen LogP contribution in [-0.2, 0) is 11.0 Å². The first-order valence-electron chi connectivity index (χ1n) is 12.1. The van der Waals surface area contributed by atoms with Gasteiger partial charge in [-0.2, -0.15) is 18.4 Å². The van der Waals surface area contributed by atoms with Gasteiger partial charge in [0.2, 0.25) is 5.91 Å². The highest BCUT2D eigenvalue weighted by Crippen LogP contribution is 2.35. The third-order valence-corrected chi connectivity index (χ3v) is 7.13. The number of benzene rings is 2. The number of hydrogen-bond donors (Lipinski definition) is 1. The van der Waals surface area contributed by atoms with E-state index in [0.717, 1.165) is 43.0 Å². The third kappa shape index (κ3) is 6.62. The number of anilines is 2. The molecule has 2 fully saturated rings. The lowest BCUT2D eigenvalue weighted by Gasteiger charge is -2.36. The molecule has 0 atom stereocenters. The van der Waals surface area contributed by atoms with Crippen LogP contribution in [0.5, 0.6) is 0 Å². The summed E-state index contributed by atoms with van der Waals surface area (Å²) in [4.78, 5) is 19.0. The lowest BCUT2D eigenvalue weighted by Crippen LogP contribution is -2.48. The zero-order valence-corrected chi connectivity index (χ0v) is 20.7. The van der Waals surface area contributed by atoms with E-state index in [0.29, 0.717) is 44.6 Å². The Labute approximate surface area is 214 Å². The molecule has 0 aliphatic carbocycles. The quantitative estimate of drug-likeness (QED) is 0.607. The minimum Gasteiger partial charge on any atom is -0.371 e. The van der Waals surface area contributed by atoms with Gasteiger partial charge in [0.05, 0.1) is 17.2 Å². The average Bonchev–Trinajstić information content (AvgIpc) is 2.88. The van der Waals surface area contributed by atoms with E-state index < -0.39 is 11.7 Å². The number of nitriles is 1. The molecular weight excluding hydrogens is 491 g/mol. The number of carbonyl (C=O) groups excluding carboxylic acids is 1. The van der Waals surface area contributed by atoms with Gasteiger partial charge in [-0.15, -0.1) is 0 Å². The monoisotopic (exact) mass is 519 g/mol. The Hall–Kier alpha value is -2.96. The first kappa shape index (κ1) is 26.1. The van der Waals surface area contributed by atoms with E-state index in [2.05, 4.69) is 15.1 Å². The zero-order valence-electron chi connectivity index (χ0n) is 19.9. The molecule has 2 saturated heterocycles. The zero-order chi connectivity index (χ0) is 25.7. The number of amides is 1. The second kappa shape index (κ2) is 11.4. The SMILES string of the molecule is N#Cc1ccc(N2CCC(NC(=O)CCN3CCN(c4ccc(Cl)cc4)CC3)CC2)cc1C(F)(F)F. The van der Waals surface area contributed by atoms with Gasteiger partial charge in [0.15, 0.2) is 0 Å². The van der Waals surface area contributed by atoms with E-state index >= 15 is 0 Å². The van der Waals surface area contributed by atoms with Crippen molar-refractivity contribution in [2.45, 2.75) is 31.5 Å². The first-order chi connectivity index (χ1) is 17.2. The molecule has 10 heteroatoms. The third-order valence-electron chi connectivity index (χ3n) is 6.87. The maximum Gasteiger partial charge on any atom is 0.417 e. The summed E-state index contributed by atoms with van der Waals surface area (Å²) in [5, 5.41) is 12.8. The van der Waals surface area contributed by atoms with Gasteiger partial charge in [-0.05, 0) is 55.3 Å². The predicted molar refractivity (Wildman–Crippen MR) is 134 cm³/mol. The van der Waals surface area contributed by atoms with Gasteiger partial charge < -0.3 is 15.1 Å². The molecule has 0 radical (unpaired) electrons. The van der Waals surface area contributed by atoms with Gasteiger partial charge in [-0.1, -0.05) is 11.6 Å². The molecule has 6 nitrogen and oxygen atoms in total. The molecule has 2 aliphatic heterocycles. The molecule has 2 aromatic carbocycles. The molecule has 36 heavy (non-hydrogen) atoms. The molecule has 4 rings (SSSR count). The number of piperidine rings is 1. The molecule has 0 bridgehead atoms. The Kier molecular flexibility index (Phi) is 8.27. The molecule has 0 saturated carbocycles. The van der Waals surface area contributed by atoms with Crippen molar-refractivity contribution < 1.29 is 18.0 Å². The fourth-order valence-corrected chi connectivity index (χ4v) is 4.91. The maximum atomic E-state index is 13.3. The Balaban J connectivity index is 1.19. The van der Waals surface area contributed by atoms with Crippen LogP contribution in [0, 0.1) is 11.3 Å². The van der Waals surface area contributed by atoms with E-state index in [1.165, 1.54) is 6.07 Å². The summed E-state index contributed by atoms with van der Waals surface area (Å²) >= 11 is 5.97. The lowest BCUT2D eigenvalue weighted by molar-refractivity contribution is -0.137. The summed E-state index contributed by atoms with van der Waals surface area (Å²) in [5.41, 5.74) is 0.314. The second-order valence-corrected chi connectivity index (χ2v) is 9.66. The molecule has 2 heterocycles. The number of halogens is 4. The number of carbonyl (C=O) groups is 1. The number of piperazine rings is 1. The summed E-state index contributed by atoms with van der Waals surface area (Å²) < 4.78 is 39.8. The Morgan fingerprint density at radius 1 is 0.972 bits per heavy atom. The van der Waals surface area contributed by atoms with Crippen molar-refractivity contribution in [3.05, 3.63) is 58.6 Å². The van der Waals surface area contributed by atoms with E-state index in [9.17, 15) is 18.0 Å². The molecule has 1 N–H and O–H groups in total. The Morgan fingerprint density at radius 3 is 2.19 bits per heavy atom. The normalized spacial score (nSPS) is 17.6. The number of alkyl halides is 3. The number of rotatable bonds is 6. The van der Waals surface area contributed by atoms with E-state index in [1.54, 1.807) is 12.1 Å². The van der Waals surface area contributed by atoms with Crippen molar-refractivity contribution in [2.24, 2.45) is 0 Å².